The molecule has 86 valence electrons. The van der Waals surface area contributed by atoms with Crippen LogP contribution in [0, 0.1) is 0 Å². The molecule has 0 aliphatic heterocycles. The number of nitrogens with two attached hydrogens (primary N) is 2. The van der Waals surface area contributed by atoms with Crippen molar-refractivity contribution in [2.45, 2.75) is 20.0 Å². The average molecular weight is 221 g/mol. The lowest BCUT2D eigenvalue weighted by Gasteiger charge is -2.07. The molecular formula is C11H15N3O2. The summed E-state index contributed by atoms with van der Waals surface area (Å²) in [7, 11) is 0. The number of guanidine groups is 1. The minimum atomic E-state index is -0.355. The summed E-state index contributed by atoms with van der Waals surface area (Å²) in [6.07, 6.45) is -0.134. The lowest BCUT2D eigenvalue weighted by molar-refractivity contribution is 0.0378. The Labute approximate surface area is 94.1 Å². The van der Waals surface area contributed by atoms with Crippen molar-refractivity contribution in [1.29, 1.82) is 0 Å². The molecule has 0 unspecified atom stereocenters. The molecule has 0 aromatic heterocycles. The number of carbonyl (C=O) groups excluding carboxylic acids is 1. The highest BCUT2D eigenvalue weighted by Crippen LogP contribution is 2.13. The van der Waals surface area contributed by atoms with Crippen molar-refractivity contribution in [1.82, 2.24) is 0 Å². The normalized spacial score (nSPS) is 9.94. The first-order chi connectivity index (χ1) is 7.49. The summed E-state index contributed by atoms with van der Waals surface area (Å²) in [6.45, 7) is 3.59. The Morgan fingerprint density at radius 3 is 2.25 bits per heavy atom. The van der Waals surface area contributed by atoms with Gasteiger partial charge in [0, 0.05) is 0 Å². The van der Waals surface area contributed by atoms with Crippen molar-refractivity contribution >= 4 is 17.6 Å². The van der Waals surface area contributed by atoms with E-state index in [-0.39, 0.29) is 18.0 Å². The lowest BCUT2D eigenvalue weighted by atomic mass is 10.2. The standard InChI is InChI=1S/C11H15N3O2/c1-7(2)16-10(15)8-3-5-9(6-4-8)14-11(12)13/h3-7H,1-2H3,(H4,12,13,14). The number of benzene rings is 1. The van der Waals surface area contributed by atoms with Gasteiger partial charge in [-0.05, 0) is 38.1 Å². The predicted molar refractivity (Wildman–Crippen MR) is 62.5 cm³/mol. The van der Waals surface area contributed by atoms with Gasteiger partial charge in [-0.2, -0.15) is 0 Å². The molecular weight excluding hydrogens is 206 g/mol. The molecule has 0 atom stereocenters. The molecule has 0 amide bonds. The van der Waals surface area contributed by atoms with E-state index in [2.05, 4.69) is 4.99 Å². The minimum absolute atomic E-state index is 0.0162. The minimum Gasteiger partial charge on any atom is -0.459 e. The fraction of sp³-hybridized carbons (Fsp3) is 0.273. The summed E-state index contributed by atoms with van der Waals surface area (Å²) in [5, 5.41) is 0. The van der Waals surface area contributed by atoms with E-state index in [0.717, 1.165) is 0 Å². The van der Waals surface area contributed by atoms with Crippen LogP contribution in [-0.4, -0.2) is 18.0 Å². The van der Waals surface area contributed by atoms with Gasteiger partial charge in [0.1, 0.15) is 0 Å². The van der Waals surface area contributed by atoms with Gasteiger partial charge in [-0.15, -0.1) is 0 Å². The Morgan fingerprint density at radius 2 is 1.81 bits per heavy atom. The van der Waals surface area contributed by atoms with Gasteiger partial charge in [-0.3, -0.25) is 0 Å². The van der Waals surface area contributed by atoms with E-state index in [1.807, 2.05) is 0 Å². The summed E-state index contributed by atoms with van der Waals surface area (Å²) in [5.41, 5.74) is 11.5. The molecule has 0 aliphatic carbocycles. The topological polar surface area (TPSA) is 90.7 Å². The van der Waals surface area contributed by atoms with Crippen LogP contribution in [0.2, 0.25) is 0 Å². The Bertz CT molecular complexity index is 392. The summed E-state index contributed by atoms with van der Waals surface area (Å²) < 4.78 is 5.03. The number of carbonyl (C=O) groups is 1. The van der Waals surface area contributed by atoms with Gasteiger partial charge in [0.2, 0.25) is 0 Å². The van der Waals surface area contributed by atoms with Gasteiger partial charge in [-0.1, -0.05) is 0 Å². The van der Waals surface area contributed by atoms with E-state index in [4.69, 9.17) is 16.2 Å². The second-order valence-corrected chi connectivity index (χ2v) is 3.54. The number of hydrogen-bond donors (Lipinski definition) is 2. The van der Waals surface area contributed by atoms with E-state index >= 15 is 0 Å². The second-order valence-electron chi connectivity index (χ2n) is 3.54. The van der Waals surface area contributed by atoms with Crippen LogP contribution in [-0.2, 0) is 4.74 Å². The van der Waals surface area contributed by atoms with Crippen molar-refractivity contribution in [2.24, 2.45) is 16.5 Å². The molecule has 0 aliphatic rings. The highest BCUT2D eigenvalue weighted by Gasteiger charge is 2.08. The maximum Gasteiger partial charge on any atom is 0.338 e. The lowest BCUT2D eigenvalue weighted by Crippen LogP contribution is -2.21. The first-order valence-electron chi connectivity index (χ1n) is 4.89. The van der Waals surface area contributed by atoms with Crippen LogP contribution in [0.1, 0.15) is 24.2 Å². The fourth-order valence-electron chi connectivity index (χ4n) is 1.10. The van der Waals surface area contributed by atoms with Gasteiger partial charge in [-0.25, -0.2) is 9.79 Å². The van der Waals surface area contributed by atoms with Crippen LogP contribution < -0.4 is 11.5 Å². The third-order valence-corrected chi connectivity index (χ3v) is 1.70. The van der Waals surface area contributed by atoms with Crippen molar-refractivity contribution < 1.29 is 9.53 Å². The van der Waals surface area contributed by atoms with Crippen LogP contribution in [0.4, 0.5) is 5.69 Å². The molecule has 16 heavy (non-hydrogen) atoms. The Balaban J connectivity index is 2.79. The molecule has 0 saturated carbocycles. The largest absolute Gasteiger partial charge is 0.459 e. The van der Waals surface area contributed by atoms with Gasteiger partial charge in [0.25, 0.3) is 0 Å². The molecule has 1 aromatic carbocycles. The first-order valence-corrected chi connectivity index (χ1v) is 4.89. The maximum atomic E-state index is 11.5. The molecule has 1 rings (SSSR count). The summed E-state index contributed by atoms with van der Waals surface area (Å²) >= 11 is 0. The molecule has 0 heterocycles. The quantitative estimate of drug-likeness (QED) is 0.455. The fourth-order valence-corrected chi connectivity index (χ4v) is 1.10. The SMILES string of the molecule is CC(C)OC(=O)c1ccc(N=C(N)N)cc1. The summed E-state index contributed by atoms with van der Waals surface area (Å²) in [6, 6.07) is 6.53. The van der Waals surface area contributed by atoms with Crippen molar-refractivity contribution in [3.8, 4) is 0 Å². The van der Waals surface area contributed by atoms with Crippen LogP contribution in [0.25, 0.3) is 0 Å². The molecule has 1 aromatic rings. The third-order valence-electron chi connectivity index (χ3n) is 1.70. The number of nitrogens with zero attached hydrogens (tertiary/aromatic N) is 1. The van der Waals surface area contributed by atoms with Gasteiger partial charge in [0.05, 0.1) is 17.4 Å². The highest BCUT2D eigenvalue weighted by atomic mass is 16.5. The van der Waals surface area contributed by atoms with E-state index in [0.29, 0.717) is 11.3 Å². The van der Waals surface area contributed by atoms with E-state index < -0.39 is 0 Å². The van der Waals surface area contributed by atoms with Crippen molar-refractivity contribution in [3.05, 3.63) is 29.8 Å². The maximum absolute atomic E-state index is 11.5. The van der Waals surface area contributed by atoms with Crippen LogP contribution >= 0.6 is 0 Å². The first kappa shape index (κ1) is 12.0. The van der Waals surface area contributed by atoms with Crippen molar-refractivity contribution in [2.75, 3.05) is 0 Å². The molecule has 5 nitrogen and oxygen atoms in total. The van der Waals surface area contributed by atoms with Crippen molar-refractivity contribution in [3.63, 3.8) is 0 Å². The molecule has 0 radical (unpaired) electrons. The second kappa shape index (κ2) is 5.16. The third kappa shape index (κ3) is 3.61. The van der Waals surface area contributed by atoms with Gasteiger partial charge < -0.3 is 16.2 Å². The van der Waals surface area contributed by atoms with Gasteiger partial charge in [0.15, 0.2) is 5.96 Å². The number of rotatable bonds is 3. The van der Waals surface area contributed by atoms with E-state index in [1.54, 1.807) is 38.1 Å². The van der Waals surface area contributed by atoms with Gasteiger partial charge >= 0.3 is 5.97 Å². The molecule has 5 heteroatoms. The zero-order valence-corrected chi connectivity index (χ0v) is 9.31. The Kier molecular flexibility index (Phi) is 3.88. The monoisotopic (exact) mass is 221 g/mol. The smallest absolute Gasteiger partial charge is 0.338 e. The molecule has 0 saturated heterocycles. The number of esters is 1. The zero-order valence-electron chi connectivity index (χ0n) is 9.31. The van der Waals surface area contributed by atoms with E-state index in [9.17, 15) is 4.79 Å². The summed E-state index contributed by atoms with van der Waals surface area (Å²) in [4.78, 5) is 15.3. The summed E-state index contributed by atoms with van der Waals surface area (Å²) in [5.74, 6) is -0.372. The Morgan fingerprint density at radius 1 is 1.25 bits per heavy atom. The number of ether oxygens (including phenoxy) is 1. The predicted octanol–water partition coefficient (Wildman–Crippen LogP) is 1.16. The molecule has 0 spiro atoms. The average Bonchev–Trinajstić information content (AvgIpc) is 2.16. The molecule has 0 fully saturated rings. The molecule has 0 bridgehead atoms. The van der Waals surface area contributed by atoms with E-state index in [1.165, 1.54) is 0 Å². The highest BCUT2D eigenvalue weighted by molar-refractivity contribution is 5.90. The number of aliphatic imine (C=N–C) groups is 1. The Hall–Kier alpha value is -2.04. The van der Waals surface area contributed by atoms with Crippen LogP contribution in [0.15, 0.2) is 29.3 Å². The zero-order chi connectivity index (χ0) is 12.1. The van der Waals surface area contributed by atoms with Crippen LogP contribution in [0.3, 0.4) is 0 Å². The number of hydrogen-bond acceptors (Lipinski definition) is 3. The molecule has 4 N–H and O–H groups in total. The van der Waals surface area contributed by atoms with Crippen LogP contribution in [0.5, 0.6) is 0 Å².